The summed E-state index contributed by atoms with van der Waals surface area (Å²) in [7, 11) is 1.66. The van der Waals surface area contributed by atoms with Gasteiger partial charge < -0.3 is 9.47 Å². The highest BCUT2D eigenvalue weighted by Gasteiger charge is 2.12. The van der Waals surface area contributed by atoms with Gasteiger partial charge in [-0.25, -0.2) is 0 Å². The van der Waals surface area contributed by atoms with Crippen LogP contribution in [0, 0.1) is 0 Å². The van der Waals surface area contributed by atoms with E-state index < -0.39 is 0 Å². The lowest BCUT2D eigenvalue weighted by atomic mass is 10.1. The molecule has 19 heavy (non-hydrogen) atoms. The Morgan fingerprint density at radius 3 is 2.74 bits per heavy atom. The minimum atomic E-state index is -0.301. The molecule has 1 aliphatic heterocycles. The maximum Gasteiger partial charge on any atom is 0.306 e. The van der Waals surface area contributed by atoms with Gasteiger partial charge in [-0.3, -0.25) is 9.59 Å². The second kappa shape index (κ2) is 8.64. The number of hydrogen-bond donors (Lipinski definition) is 0. The Labute approximate surface area is 114 Å². The summed E-state index contributed by atoms with van der Waals surface area (Å²) >= 11 is 0. The molecule has 1 aliphatic rings. The number of esters is 1. The van der Waals surface area contributed by atoms with Crippen LogP contribution < -0.4 is 0 Å². The van der Waals surface area contributed by atoms with Crippen LogP contribution in [0.3, 0.4) is 0 Å². The lowest BCUT2D eigenvalue weighted by Gasteiger charge is -2.15. The van der Waals surface area contributed by atoms with Crippen LogP contribution in [-0.2, 0) is 19.1 Å². The van der Waals surface area contributed by atoms with E-state index in [2.05, 4.69) is 0 Å². The molecule has 106 valence electrons. The Bertz CT molecular complexity index is 357. The molecule has 1 heterocycles. The standard InChI is InChI=1S/C15H22O4/c1-12-6-5-9-14(18-2)8-4-3-7-13(16)10-11-15(17)19-12/h3-4,7-8,12,14H,5-6,9-11H2,1-2H3/b7-3-,8-4?/t12-,14-/m0/s1. The van der Waals surface area contributed by atoms with Crippen molar-refractivity contribution in [3.63, 3.8) is 0 Å². The Hall–Kier alpha value is -1.42. The minimum absolute atomic E-state index is 0.0330. The van der Waals surface area contributed by atoms with Gasteiger partial charge in [0, 0.05) is 13.5 Å². The lowest BCUT2D eigenvalue weighted by molar-refractivity contribution is -0.149. The zero-order valence-corrected chi connectivity index (χ0v) is 11.6. The van der Waals surface area contributed by atoms with Gasteiger partial charge in [0.15, 0.2) is 5.78 Å². The highest BCUT2D eigenvalue weighted by molar-refractivity contribution is 5.92. The monoisotopic (exact) mass is 266 g/mol. The van der Waals surface area contributed by atoms with E-state index >= 15 is 0 Å². The fourth-order valence-corrected chi connectivity index (χ4v) is 1.90. The van der Waals surface area contributed by atoms with E-state index in [9.17, 15) is 9.59 Å². The van der Waals surface area contributed by atoms with Gasteiger partial charge in [0.2, 0.25) is 0 Å². The number of hydrogen-bond acceptors (Lipinski definition) is 4. The van der Waals surface area contributed by atoms with Gasteiger partial charge in [-0.15, -0.1) is 0 Å². The van der Waals surface area contributed by atoms with Crippen molar-refractivity contribution in [2.45, 2.75) is 51.2 Å². The Balaban J connectivity index is 2.64. The molecule has 0 spiro atoms. The van der Waals surface area contributed by atoms with E-state index in [4.69, 9.17) is 9.47 Å². The van der Waals surface area contributed by atoms with Crippen LogP contribution in [0.1, 0.15) is 39.0 Å². The van der Waals surface area contributed by atoms with Crippen molar-refractivity contribution in [1.82, 2.24) is 0 Å². The number of carbonyl (C=O) groups is 2. The van der Waals surface area contributed by atoms with E-state index in [0.717, 1.165) is 19.3 Å². The first-order valence-electron chi connectivity index (χ1n) is 6.71. The normalized spacial score (nSPS) is 28.5. The van der Waals surface area contributed by atoms with E-state index in [0.29, 0.717) is 0 Å². The number of carbonyl (C=O) groups excluding carboxylic acids is 2. The summed E-state index contributed by atoms with van der Waals surface area (Å²) in [5.41, 5.74) is 0. The highest BCUT2D eigenvalue weighted by atomic mass is 16.5. The molecule has 0 aromatic carbocycles. The van der Waals surface area contributed by atoms with Crippen molar-refractivity contribution < 1.29 is 19.1 Å². The third-order valence-electron chi connectivity index (χ3n) is 3.03. The fraction of sp³-hybridized carbons (Fsp3) is 0.600. The minimum Gasteiger partial charge on any atom is -0.463 e. The SMILES string of the molecule is CO[C@H]1C=C/C=C\C(=O)CCC(=O)O[C@@H](C)CCC1. The largest absolute Gasteiger partial charge is 0.463 e. The first-order valence-corrected chi connectivity index (χ1v) is 6.71. The average molecular weight is 266 g/mol. The molecule has 0 aromatic heterocycles. The molecule has 0 saturated heterocycles. The van der Waals surface area contributed by atoms with Crippen molar-refractivity contribution in [3.05, 3.63) is 24.3 Å². The van der Waals surface area contributed by atoms with Crippen LogP contribution in [0.2, 0.25) is 0 Å². The van der Waals surface area contributed by atoms with Gasteiger partial charge in [-0.1, -0.05) is 18.2 Å². The zero-order chi connectivity index (χ0) is 14.1. The van der Waals surface area contributed by atoms with Crippen molar-refractivity contribution in [2.24, 2.45) is 0 Å². The van der Waals surface area contributed by atoms with Gasteiger partial charge in [-0.2, -0.15) is 0 Å². The third-order valence-corrected chi connectivity index (χ3v) is 3.03. The summed E-state index contributed by atoms with van der Waals surface area (Å²) in [4.78, 5) is 23.0. The molecule has 4 nitrogen and oxygen atoms in total. The number of cyclic esters (lactones) is 1. The molecule has 4 heteroatoms. The van der Waals surface area contributed by atoms with Crippen LogP contribution in [0.5, 0.6) is 0 Å². The quantitative estimate of drug-likeness (QED) is 0.684. The first kappa shape index (κ1) is 15.6. The Kier molecular flexibility index (Phi) is 7.11. The zero-order valence-electron chi connectivity index (χ0n) is 11.6. The number of rotatable bonds is 1. The van der Waals surface area contributed by atoms with Crippen molar-refractivity contribution >= 4 is 11.8 Å². The van der Waals surface area contributed by atoms with Crippen LogP contribution in [-0.4, -0.2) is 31.1 Å². The third kappa shape index (κ3) is 6.91. The molecule has 0 bridgehead atoms. The summed E-state index contributed by atoms with van der Waals surface area (Å²) in [6.07, 6.45) is 9.81. The maximum absolute atomic E-state index is 11.5. The van der Waals surface area contributed by atoms with Gasteiger partial charge in [-0.05, 0) is 32.3 Å². The van der Waals surface area contributed by atoms with Gasteiger partial charge in [0.25, 0.3) is 0 Å². The number of methoxy groups -OCH3 is 1. The summed E-state index contributed by atoms with van der Waals surface area (Å²) in [5.74, 6) is -0.370. The highest BCUT2D eigenvalue weighted by Crippen LogP contribution is 2.11. The van der Waals surface area contributed by atoms with Crippen molar-refractivity contribution in [3.8, 4) is 0 Å². The van der Waals surface area contributed by atoms with E-state index in [-0.39, 0.29) is 36.8 Å². The van der Waals surface area contributed by atoms with E-state index in [1.165, 1.54) is 6.08 Å². The molecule has 2 atom stereocenters. The molecule has 0 unspecified atom stereocenters. The molecule has 0 amide bonds. The molecule has 0 saturated carbocycles. The molecule has 0 radical (unpaired) electrons. The average Bonchev–Trinajstić information content (AvgIpc) is 2.38. The molecule has 0 aromatic rings. The van der Waals surface area contributed by atoms with Crippen molar-refractivity contribution in [1.29, 1.82) is 0 Å². The fourth-order valence-electron chi connectivity index (χ4n) is 1.90. The predicted molar refractivity (Wildman–Crippen MR) is 72.7 cm³/mol. The molecular weight excluding hydrogens is 244 g/mol. The molecule has 0 N–H and O–H groups in total. The molecule has 0 fully saturated rings. The van der Waals surface area contributed by atoms with Crippen LogP contribution in [0.4, 0.5) is 0 Å². The van der Waals surface area contributed by atoms with E-state index in [1.54, 1.807) is 13.2 Å². The summed E-state index contributed by atoms with van der Waals surface area (Å²) in [6.45, 7) is 1.88. The Morgan fingerprint density at radius 2 is 2.00 bits per heavy atom. The molecular formula is C15H22O4. The lowest BCUT2D eigenvalue weighted by Crippen LogP contribution is -2.16. The number of allylic oxidation sites excluding steroid dienone is 3. The van der Waals surface area contributed by atoms with Crippen LogP contribution in [0.25, 0.3) is 0 Å². The van der Waals surface area contributed by atoms with Gasteiger partial charge in [0.1, 0.15) is 0 Å². The van der Waals surface area contributed by atoms with Crippen LogP contribution >= 0.6 is 0 Å². The molecule has 1 rings (SSSR count). The second-order valence-corrected chi connectivity index (χ2v) is 4.72. The number of ether oxygens (including phenoxy) is 2. The maximum atomic E-state index is 11.5. The smallest absolute Gasteiger partial charge is 0.306 e. The molecule has 0 aliphatic carbocycles. The van der Waals surface area contributed by atoms with E-state index in [1.807, 2.05) is 19.1 Å². The predicted octanol–water partition coefficient (Wildman–Crippen LogP) is 2.58. The van der Waals surface area contributed by atoms with Gasteiger partial charge >= 0.3 is 5.97 Å². The topological polar surface area (TPSA) is 52.6 Å². The number of ketones is 1. The van der Waals surface area contributed by atoms with Crippen molar-refractivity contribution in [2.75, 3.05) is 7.11 Å². The second-order valence-electron chi connectivity index (χ2n) is 4.72. The summed E-state index contributed by atoms with van der Waals surface area (Å²) in [6, 6.07) is 0. The Morgan fingerprint density at radius 1 is 1.21 bits per heavy atom. The summed E-state index contributed by atoms with van der Waals surface area (Å²) in [5, 5.41) is 0. The van der Waals surface area contributed by atoms with Crippen LogP contribution in [0.15, 0.2) is 24.3 Å². The summed E-state index contributed by atoms with van der Waals surface area (Å²) < 4.78 is 10.6. The van der Waals surface area contributed by atoms with Gasteiger partial charge in [0.05, 0.1) is 18.6 Å². The first-order chi connectivity index (χ1) is 9.11.